The third-order valence-corrected chi connectivity index (χ3v) is 10.5. The summed E-state index contributed by atoms with van der Waals surface area (Å²) in [6, 6.07) is 0. The average Bonchev–Trinajstić information content (AvgIpc) is 3.22. The lowest BCUT2D eigenvalue weighted by Gasteiger charge is -2.20. The molecule has 352 valence electrons. The van der Waals surface area contributed by atoms with E-state index in [9.17, 15) is 28.7 Å². The van der Waals surface area contributed by atoms with Crippen LogP contribution >= 0.6 is 15.6 Å². The summed E-state index contributed by atoms with van der Waals surface area (Å²) >= 11 is 0. The number of esters is 2. The van der Waals surface area contributed by atoms with Crippen LogP contribution in [-0.4, -0.2) is 70.4 Å². The highest BCUT2D eigenvalue weighted by Crippen LogP contribution is 2.43. The molecule has 0 spiro atoms. The Bertz CT molecular complexity index is 1350. The molecule has 15 heteroatoms. The molecule has 0 saturated carbocycles. The lowest BCUT2D eigenvalue weighted by molar-refractivity contribution is -0.161. The average molecular weight is 903 g/mol. The predicted molar refractivity (Wildman–Crippen MR) is 244 cm³/mol. The van der Waals surface area contributed by atoms with Gasteiger partial charge in [-0.3, -0.25) is 23.2 Å². The van der Waals surface area contributed by atoms with E-state index in [0.717, 1.165) is 109 Å². The number of ether oxygens (including phenoxy) is 2. The van der Waals surface area contributed by atoms with E-state index >= 15 is 0 Å². The van der Waals surface area contributed by atoms with Gasteiger partial charge < -0.3 is 29.3 Å². The fourth-order valence-electron chi connectivity index (χ4n) is 5.66. The van der Waals surface area contributed by atoms with Gasteiger partial charge in [0.15, 0.2) is 6.10 Å². The Balaban J connectivity index is 4.56. The lowest BCUT2D eigenvalue weighted by Crippen LogP contribution is -2.30. The number of phosphoric ester groups is 2. The number of rotatable bonds is 42. The molecule has 4 N–H and O–H groups in total. The second-order valence-corrected chi connectivity index (χ2v) is 17.6. The van der Waals surface area contributed by atoms with Crippen molar-refractivity contribution in [3.63, 3.8) is 0 Å². The molecule has 13 nitrogen and oxygen atoms in total. The monoisotopic (exact) mass is 903 g/mol. The standard InChI is InChI=1S/C46H80O13P2/c1-3-5-7-9-11-13-15-17-19-21-23-25-27-29-31-33-35-37-45(48)55-41-44(42-58-61(53,54)57-40-43(47)39-56-60(50,51)52)59-46(49)38-36-34-32-30-28-26-24-22-20-18-16-14-12-10-8-6-4-2/h5,7,11-14,17-20,23,25,43-44,47H,3-4,6,8-10,15-16,21-22,24,26-42H2,1-2H3,(H,53,54)(H2,50,51,52)/b7-5-,13-11-,14-12-,19-17-,20-18-,25-23-/t43-,44+/m0/s1. The molecule has 0 saturated heterocycles. The van der Waals surface area contributed by atoms with Crippen molar-refractivity contribution in [2.45, 2.75) is 180 Å². The van der Waals surface area contributed by atoms with Crippen LogP contribution in [0, 0.1) is 0 Å². The molecule has 0 aliphatic heterocycles. The minimum absolute atomic E-state index is 0.113. The number of hydrogen-bond donors (Lipinski definition) is 4. The van der Waals surface area contributed by atoms with E-state index in [4.69, 9.17) is 23.8 Å². The molecule has 0 bridgehead atoms. The molecule has 61 heavy (non-hydrogen) atoms. The minimum atomic E-state index is -4.87. The van der Waals surface area contributed by atoms with Crippen molar-refractivity contribution in [1.29, 1.82) is 0 Å². The summed E-state index contributed by atoms with van der Waals surface area (Å²) in [5, 5.41) is 9.75. The first-order valence-electron chi connectivity index (χ1n) is 22.6. The molecule has 0 fully saturated rings. The molecule has 0 heterocycles. The van der Waals surface area contributed by atoms with Gasteiger partial charge in [-0.1, -0.05) is 145 Å². The van der Waals surface area contributed by atoms with Crippen LogP contribution in [-0.2, 0) is 41.8 Å². The molecule has 0 amide bonds. The zero-order valence-electron chi connectivity index (χ0n) is 37.2. The van der Waals surface area contributed by atoms with Gasteiger partial charge in [0.25, 0.3) is 0 Å². The van der Waals surface area contributed by atoms with Crippen LogP contribution in [0.5, 0.6) is 0 Å². The first-order chi connectivity index (χ1) is 29.4. The molecule has 3 atom stereocenters. The fraction of sp³-hybridized carbons (Fsp3) is 0.696. The quantitative estimate of drug-likeness (QED) is 0.0196. The summed E-state index contributed by atoms with van der Waals surface area (Å²) in [5.41, 5.74) is 0. The zero-order chi connectivity index (χ0) is 45.1. The predicted octanol–water partition coefficient (Wildman–Crippen LogP) is 11.8. The summed E-state index contributed by atoms with van der Waals surface area (Å²) < 4.78 is 47.8. The highest BCUT2D eigenvalue weighted by molar-refractivity contribution is 7.47. The molecule has 0 aromatic carbocycles. The Kier molecular flexibility index (Phi) is 39.9. The summed E-state index contributed by atoms with van der Waals surface area (Å²) in [6.07, 6.45) is 46.0. The maximum Gasteiger partial charge on any atom is 0.472 e. The van der Waals surface area contributed by atoms with Crippen molar-refractivity contribution in [3.05, 3.63) is 72.9 Å². The van der Waals surface area contributed by atoms with E-state index in [1.54, 1.807) is 0 Å². The smallest absolute Gasteiger partial charge is 0.462 e. The van der Waals surface area contributed by atoms with Gasteiger partial charge in [-0.2, -0.15) is 0 Å². The molecule has 0 aliphatic rings. The SMILES string of the molecule is CC/C=C\C/C=C\C/C=C\C/C=C\CCCCCCC(=O)OC[C@H](COP(=O)(O)OC[C@@H](O)COP(=O)(O)O)OC(=O)CCCCCCCCC/C=C\C/C=C\CCCCC. The third kappa shape index (κ3) is 45.4. The number of aliphatic hydroxyl groups excluding tert-OH is 1. The number of allylic oxidation sites excluding steroid dienone is 12. The lowest BCUT2D eigenvalue weighted by atomic mass is 10.1. The highest BCUT2D eigenvalue weighted by atomic mass is 31.2. The molecule has 0 radical (unpaired) electrons. The minimum Gasteiger partial charge on any atom is -0.462 e. The number of carbonyl (C=O) groups is 2. The van der Waals surface area contributed by atoms with Crippen molar-refractivity contribution in [1.82, 2.24) is 0 Å². The molecule has 1 unspecified atom stereocenters. The zero-order valence-corrected chi connectivity index (χ0v) is 39.0. The Morgan fingerprint density at radius 1 is 0.492 bits per heavy atom. The second-order valence-electron chi connectivity index (χ2n) is 14.9. The van der Waals surface area contributed by atoms with Crippen molar-refractivity contribution in [3.8, 4) is 0 Å². The first-order valence-corrected chi connectivity index (χ1v) is 25.7. The van der Waals surface area contributed by atoms with Gasteiger partial charge >= 0.3 is 27.6 Å². The van der Waals surface area contributed by atoms with Crippen molar-refractivity contribution < 1.29 is 61.6 Å². The summed E-state index contributed by atoms with van der Waals surface area (Å²) in [5.74, 6) is -1.07. The van der Waals surface area contributed by atoms with E-state index in [2.05, 4.69) is 95.8 Å². The van der Waals surface area contributed by atoms with Gasteiger partial charge in [-0.15, -0.1) is 0 Å². The highest BCUT2D eigenvalue weighted by Gasteiger charge is 2.28. The number of carbonyl (C=O) groups excluding carboxylic acids is 2. The van der Waals surface area contributed by atoms with Crippen LogP contribution in [0.2, 0.25) is 0 Å². The van der Waals surface area contributed by atoms with E-state index < -0.39 is 66.2 Å². The van der Waals surface area contributed by atoms with E-state index in [-0.39, 0.29) is 12.8 Å². The largest absolute Gasteiger partial charge is 0.472 e. The Morgan fingerprint density at radius 3 is 1.39 bits per heavy atom. The van der Waals surface area contributed by atoms with Crippen LogP contribution in [0.3, 0.4) is 0 Å². The van der Waals surface area contributed by atoms with Crippen molar-refractivity contribution in [2.24, 2.45) is 0 Å². The van der Waals surface area contributed by atoms with Crippen LogP contribution in [0.4, 0.5) is 0 Å². The Morgan fingerprint density at radius 2 is 0.902 bits per heavy atom. The van der Waals surface area contributed by atoms with Gasteiger partial charge in [0.05, 0.1) is 19.8 Å². The second kappa shape index (κ2) is 41.6. The third-order valence-electron chi connectivity index (χ3n) is 9.07. The fourth-order valence-corrected chi connectivity index (χ4v) is 6.82. The normalized spacial score (nSPS) is 14.7. The van der Waals surface area contributed by atoms with Crippen LogP contribution in [0.15, 0.2) is 72.9 Å². The van der Waals surface area contributed by atoms with Gasteiger partial charge in [0, 0.05) is 12.8 Å². The number of unbranched alkanes of at least 4 members (excludes halogenated alkanes) is 14. The van der Waals surface area contributed by atoms with Crippen molar-refractivity contribution in [2.75, 3.05) is 26.4 Å². The molecule has 0 aliphatic carbocycles. The number of hydrogen-bond acceptors (Lipinski definition) is 10. The topological polar surface area (TPSA) is 195 Å². The van der Waals surface area contributed by atoms with E-state index in [1.807, 2.05) is 0 Å². The van der Waals surface area contributed by atoms with Crippen LogP contribution in [0.25, 0.3) is 0 Å². The molecule has 0 rings (SSSR count). The van der Waals surface area contributed by atoms with E-state index in [1.165, 1.54) is 19.3 Å². The molecular formula is C46H80O13P2. The maximum atomic E-state index is 12.7. The molecule has 0 aromatic rings. The van der Waals surface area contributed by atoms with Crippen LogP contribution in [0.1, 0.15) is 168 Å². The maximum absolute atomic E-state index is 12.7. The molecule has 0 aromatic heterocycles. The summed E-state index contributed by atoms with van der Waals surface area (Å²) in [6.45, 7) is 1.59. The number of phosphoric acid groups is 2. The van der Waals surface area contributed by atoms with Gasteiger partial charge in [-0.25, -0.2) is 9.13 Å². The summed E-state index contributed by atoms with van der Waals surface area (Å²) in [4.78, 5) is 52.8. The van der Waals surface area contributed by atoms with Gasteiger partial charge in [-0.05, 0) is 83.5 Å². The first kappa shape index (κ1) is 58.6. The van der Waals surface area contributed by atoms with Crippen LogP contribution < -0.4 is 0 Å². The Labute approximate surface area is 367 Å². The molecular weight excluding hydrogens is 822 g/mol. The van der Waals surface area contributed by atoms with Crippen molar-refractivity contribution >= 4 is 27.6 Å². The van der Waals surface area contributed by atoms with E-state index in [0.29, 0.717) is 12.8 Å². The Hall–Kier alpha value is -2.44. The van der Waals surface area contributed by atoms with Gasteiger partial charge in [0.1, 0.15) is 12.7 Å². The summed E-state index contributed by atoms with van der Waals surface area (Å²) in [7, 11) is -9.69. The number of aliphatic hydroxyl groups is 1. The van der Waals surface area contributed by atoms with Gasteiger partial charge in [0.2, 0.25) is 0 Å².